The molecule has 37 heavy (non-hydrogen) atoms. The van der Waals surface area contributed by atoms with Crippen molar-refractivity contribution in [2.45, 2.75) is 55.4 Å². The van der Waals surface area contributed by atoms with Gasteiger partial charge in [-0.3, -0.25) is 14.7 Å². The third-order valence-electron chi connectivity index (χ3n) is 8.75. The number of thioether (sulfide) groups is 2. The number of likely N-dealkylation sites (tertiary alicyclic amines) is 2. The quantitative estimate of drug-likeness (QED) is 0.367. The molecule has 3 saturated heterocycles. The number of aromatic nitrogens is 1. The summed E-state index contributed by atoms with van der Waals surface area (Å²) in [7, 11) is 0. The molecule has 3 aliphatic heterocycles. The van der Waals surface area contributed by atoms with E-state index in [1.54, 1.807) is 0 Å². The zero-order chi connectivity index (χ0) is 25.6. The number of nitrogens with zero attached hydrogens (tertiary/aromatic N) is 3. The molecule has 0 saturated carbocycles. The third-order valence-corrected chi connectivity index (χ3v) is 13.5. The normalized spacial score (nSPS) is 24.1. The standard InChI is InChI=1S/C29H35Br2N3OS2/c1-19-14-21-2-3-22-16-23(30)17-32-28(22)27(26(21)24(31)15-19)20-4-8-34(9-5-20)25(35)18-33-10-6-29(7-11-33)36-12-13-37-29/h14-17,20,27H,2-13,18H2,1H3. The molecule has 8 heteroatoms. The lowest BCUT2D eigenvalue weighted by Gasteiger charge is -2.40. The number of pyridine rings is 1. The zero-order valence-corrected chi connectivity index (χ0v) is 26.3. The molecule has 4 aliphatic rings. The van der Waals surface area contributed by atoms with Crippen molar-refractivity contribution in [1.29, 1.82) is 0 Å². The van der Waals surface area contributed by atoms with Crippen LogP contribution in [0.4, 0.5) is 0 Å². The molecule has 6 rings (SSSR count). The lowest BCUT2D eigenvalue weighted by molar-refractivity contribution is -0.134. The van der Waals surface area contributed by atoms with E-state index in [1.807, 2.05) is 6.20 Å². The van der Waals surface area contributed by atoms with Gasteiger partial charge in [-0.1, -0.05) is 22.0 Å². The zero-order valence-electron chi connectivity index (χ0n) is 21.5. The molecule has 0 bridgehead atoms. The Morgan fingerprint density at radius 3 is 2.46 bits per heavy atom. The average molecular weight is 666 g/mol. The van der Waals surface area contributed by atoms with Crippen molar-refractivity contribution in [3.63, 3.8) is 0 Å². The molecule has 1 aromatic heterocycles. The molecule has 4 heterocycles. The predicted molar refractivity (Wildman–Crippen MR) is 163 cm³/mol. The molecule has 0 N–H and O–H groups in total. The Labute approximate surface area is 246 Å². The van der Waals surface area contributed by atoms with Crippen molar-refractivity contribution < 1.29 is 4.79 Å². The number of benzene rings is 1. The van der Waals surface area contributed by atoms with Gasteiger partial charge in [0.25, 0.3) is 0 Å². The highest BCUT2D eigenvalue weighted by Crippen LogP contribution is 2.50. The van der Waals surface area contributed by atoms with Gasteiger partial charge in [-0.2, -0.15) is 0 Å². The van der Waals surface area contributed by atoms with Crippen LogP contribution in [0.5, 0.6) is 0 Å². The summed E-state index contributed by atoms with van der Waals surface area (Å²) in [6.07, 6.45) is 8.52. The van der Waals surface area contributed by atoms with Crippen molar-refractivity contribution in [2.75, 3.05) is 44.2 Å². The largest absolute Gasteiger partial charge is 0.342 e. The van der Waals surface area contributed by atoms with Gasteiger partial charge in [-0.25, -0.2) is 0 Å². The molecule has 0 radical (unpaired) electrons. The number of fused-ring (bicyclic) bond motifs is 2. The molecule has 1 amide bonds. The van der Waals surface area contributed by atoms with E-state index in [9.17, 15) is 4.79 Å². The molecule has 1 atom stereocenters. The maximum atomic E-state index is 13.3. The first-order valence-electron chi connectivity index (χ1n) is 13.6. The second-order valence-electron chi connectivity index (χ2n) is 11.1. The van der Waals surface area contributed by atoms with Gasteiger partial charge in [0.05, 0.1) is 16.3 Å². The lowest BCUT2D eigenvalue weighted by Crippen LogP contribution is -2.48. The van der Waals surface area contributed by atoms with Crippen molar-refractivity contribution in [3.05, 3.63) is 61.3 Å². The second kappa shape index (κ2) is 11.1. The van der Waals surface area contributed by atoms with Gasteiger partial charge in [-0.15, -0.1) is 23.5 Å². The Morgan fingerprint density at radius 1 is 1.03 bits per heavy atom. The maximum absolute atomic E-state index is 13.3. The topological polar surface area (TPSA) is 36.4 Å². The number of halogens is 2. The molecule has 2 aromatic rings. The number of piperidine rings is 2. The van der Waals surface area contributed by atoms with E-state index in [0.717, 1.165) is 56.3 Å². The fraction of sp³-hybridized carbons (Fsp3) is 0.586. The van der Waals surface area contributed by atoms with Crippen LogP contribution < -0.4 is 0 Å². The first-order chi connectivity index (χ1) is 17.9. The number of hydrogen-bond donors (Lipinski definition) is 0. The first-order valence-corrected chi connectivity index (χ1v) is 17.2. The van der Waals surface area contributed by atoms with E-state index in [0.29, 0.717) is 22.4 Å². The number of rotatable bonds is 3. The molecule has 3 fully saturated rings. The SMILES string of the molecule is Cc1cc(Br)c2c(c1)CCc1cc(Br)cnc1C2C1CCN(C(=O)CN2CCC3(CC2)SCCS3)CC1. The van der Waals surface area contributed by atoms with Crippen LogP contribution in [0, 0.1) is 12.8 Å². The molecule has 1 unspecified atom stereocenters. The number of hydrogen-bond acceptors (Lipinski definition) is 5. The van der Waals surface area contributed by atoms with Crippen LogP contribution in [0.15, 0.2) is 33.3 Å². The van der Waals surface area contributed by atoms with Gasteiger partial charge in [0.15, 0.2) is 0 Å². The minimum Gasteiger partial charge on any atom is -0.342 e. The predicted octanol–water partition coefficient (Wildman–Crippen LogP) is 6.66. The molecular formula is C29H35Br2N3OS2. The average Bonchev–Trinajstić information content (AvgIpc) is 3.28. The molecular weight excluding hydrogens is 630 g/mol. The van der Waals surface area contributed by atoms with Crippen LogP contribution in [-0.2, 0) is 17.6 Å². The van der Waals surface area contributed by atoms with Crippen LogP contribution in [0.3, 0.4) is 0 Å². The number of carbonyl (C=O) groups is 1. The monoisotopic (exact) mass is 663 g/mol. The van der Waals surface area contributed by atoms with Gasteiger partial charge < -0.3 is 4.90 Å². The van der Waals surface area contributed by atoms with E-state index in [4.69, 9.17) is 4.98 Å². The van der Waals surface area contributed by atoms with Crippen LogP contribution in [0.2, 0.25) is 0 Å². The fourth-order valence-corrected chi connectivity index (χ4v) is 11.3. The Bertz CT molecular complexity index is 1170. The summed E-state index contributed by atoms with van der Waals surface area (Å²) in [5.41, 5.74) is 6.78. The van der Waals surface area contributed by atoms with Crippen LogP contribution in [-0.4, -0.2) is 69.0 Å². The highest BCUT2D eigenvalue weighted by atomic mass is 79.9. The maximum Gasteiger partial charge on any atom is 0.236 e. The van der Waals surface area contributed by atoms with Gasteiger partial charge in [0.2, 0.25) is 5.91 Å². The second-order valence-corrected chi connectivity index (χ2v) is 16.1. The van der Waals surface area contributed by atoms with E-state index >= 15 is 0 Å². The summed E-state index contributed by atoms with van der Waals surface area (Å²) in [5.74, 6) is 3.65. The minimum atomic E-state index is 0.271. The molecule has 1 aromatic carbocycles. The minimum absolute atomic E-state index is 0.271. The summed E-state index contributed by atoms with van der Waals surface area (Å²) in [6.45, 7) is 6.61. The van der Waals surface area contributed by atoms with E-state index in [1.165, 1.54) is 56.8 Å². The Morgan fingerprint density at radius 2 is 1.73 bits per heavy atom. The van der Waals surface area contributed by atoms with Gasteiger partial charge in [0.1, 0.15) is 0 Å². The smallest absolute Gasteiger partial charge is 0.236 e. The van der Waals surface area contributed by atoms with Crippen LogP contribution in [0.1, 0.15) is 59.5 Å². The van der Waals surface area contributed by atoms with Crippen molar-refractivity contribution >= 4 is 61.3 Å². The summed E-state index contributed by atoms with van der Waals surface area (Å²) in [4.78, 5) is 22.8. The summed E-state index contributed by atoms with van der Waals surface area (Å²) < 4.78 is 2.71. The molecule has 1 aliphatic carbocycles. The number of carbonyl (C=O) groups excluding carboxylic acids is 1. The lowest BCUT2D eigenvalue weighted by atomic mass is 9.76. The Hall–Kier alpha value is -0.540. The van der Waals surface area contributed by atoms with Gasteiger partial charge in [-0.05, 0) is 102 Å². The van der Waals surface area contributed by atoms with E-state index in [2.05, 4.69) is 90.3 Å². The van der Waals surface area contributed by atoms with E-state index in [-0.39, 0.29) is 5.92 Å². The number of amides is 1. The van der Waals surface area contributed by atoms with Crippen molar-refractivity contribution in [3.8, 4) is 0 Å². The summed E-state index contributed by atoms with van der Waals surface area (Å²) in [5, 5.41) is 0. The molecule has 198 valence electrons. The molecule has 1 spiro atoms. The third kappa shape index (κ3) is 5.57. The summed E-state index contributed by atoms with van der Waals surface area (Å²) >= 11 is 11.9. The Balaban J connectivity index is 1.15. The molecule has 4 nitrogen and oxygen atoms in total. The number of aryl methyl sites for hydroxylation is 3. The summed E-state index contributed by atoms with van der Waals surface area (Å²) in [6, 6.07) is 6.91. The van der Waals surface area contributed by atoms with E-state index < -0.39 is 0 Å². The van der Waals surface area contributed by atoms with Crippen molar-refractivity contribution in [2.24, 2.45) is 5.92 Å². The fourth-order valence-electron chi connectivity index (χ4n) is 6.83. The van der Waals surface area contributed by atoms with Crippen LogP contribution >= 0.6 is 55.4 Å². The highest BCUT2D eigenvalue weighted by Gasteiger charge is 2.40. The highest BCUT2D eigenvalue weighted by molar-refractivity contribution is 9.10. The van der Waals surface area contributed by atoms with Crippen molar-refractivity contribution in [1.82, 2.24) is 14.8 Å². The van der Waals surface area contributed by atoms with Gasteiger partial charge >= 0.3 is 0 Å². The van der Waals surface area contributed by atoms with Gasteiger partial charge in [0, 0.05) is 58.7 Å². The first kappa shape index (κ1) is 26.7. The van der Waals surface area contributed by atoms with Crippen LogP contribution in [0.25, 0.3) is 0 Å². The Kier molecular flexibility index (Phi) is 8.04.